The standard InChI is InChI=1S/C7H4BrN3/c8-5-1-2-6-7(3-5)9-4-10-11-6/h1-4H. The average molecular weight is 210 g/mol. The van der Waals surface area contributed by atoms with Crippen LogP contribution < -0.4 is 0 Å². The molecule has 54 valence electrons. The third kappa shape index (κ3) is 1.21. The molecule has 3 nitrogen and oxygen atoms in total. The maximum atomic E-state index is 4.04. The van der Waals surface area contributed by atoms with Gasteiger partial charge in [0, 0.05) is 4.47 Å². The van der Waals surface area contributed by atoms with Crippen molar-refractivity contribution in [3.8, 4) is 0 Å². The van der Waals surface area contributed by atoms with Gasteiger partial charge >= 0.3 is 0 Å². The summed E-state index contributed by atoms with van der Waals surface area (Å²) < 4.78 is 1.01. The van der Waals surface area contributed by atoms with Gasteiger partial charge in [0.1, 0.15) is 11.8 Å². The van der Waals surface area contributed by atoms with E-state index in [1.165, 1.54) is 6.33 Å². The minimum absolute atomic E-state index is 0.815. The Morgan fingerprint density at radius 1 is 1.18 bits per heavy atom. The highest BCUT2D eigenvalue weighted by Crippen LogP contribution is 2.14. The van der Waals surface area contributed by atoms with Gasteiger partial charge in [0.2, 0.25) is 0 Å². The van der Waals surface area contributed by atoms with Crippen LogP contribution in [0.3, 0.4) is 0 Å². The number of hydrogen-bond donors (Lipinski definition) is 0. The minimum atomic E-state index is 0.815. The quantitative estimate of drug-likeness (QED) is 0.665. The van der Waals surface area contributed by atoms with Crippen molar-refractivity contribution >= 4 is 27.0 Å². The second kappa shape index (κ2) is 2.54. The molecule has 0 aliphatic heterocycles. The predicted molar refractivity (Wildman–Crippen MR) is 45.0 cm³/mol. The minimum Gasteiger partial charge on any atom is -0.233 e. The summed E-state index contributed by atoms with van der Waals surface area (Å²) >= 11 is 3.34. The second-order valence-corrected chi connectivity index (χ2v) is 3.01. The van der Waals surface area contributed by atoms with E-state index < -0.39 is 0 Å². The van der Waals surface area contributed by atoms with E-state index in [2.05, 4.69) is 31.1 Å². The van der Waals surface area contributed by atoms with E-state index in [1.54, 1.807) is 0 Å². The number of nitrogens with zero attached hydrogens (tertiary/aromatic N) is 3. The number of fused-ring (bicyclic) bond motifs is 1. The molecule has 2 rings (SSSR count). The molecule has 1 aromatic carbocycles. The van der Waals surface area contributed by atoms with Gasteiger partial charge in [-0.2, -0.15) is 0 Å². The molecule has 0 spiro atoms. The van der Waals surface area contributed by atoms with E-state index in [-0.39, 0.29) is 0 Å². The first kappa shape index (κ1) is 6.67. The molecule has 0 saturated heterocycles. The van der Waals surface area contributed by atoms with Crippen LogP contribution in [0.2, 0.25) is 0 Å². The van der Waals surface area contributed by atoms with Crippen LogP contribution in [0.1, 0.15) is 0 Å². The summed E-state index contributed by atoms with van der Waals surface area (Å²) in [4.78, 5) is 4.04. The molecule has 0 aliphatic rings. The lowest BCUT2D eigenvalue weighted by Crippen LogP contribution is -1.85. The first-order valence-electron chi connectivity index (χ1n) is 3.09. The third-order valence-corrected chi connectivity index (χ3v) is 1.84. The van der Waals surface area contributed by atoms with Gasteiger partial charge in [0.15, 0.2) is 0 Å². The summed E-state index contributed by atoms with van der Waals surface area (Å²) in [6, 6.07) is 5.70. The van der Waals surface area contributed by atoms with Crippen molar-refractivity contribution in [1.82, 2.24) is 15.2 Å². The van der Waals surface area contributed by atoms with Crippen molar-refractivity contribution in [3.05, 3.63) is 29.0 Å². The molecule has 4 heteroatoms. The first-order valence-corrected chi connectivity index (χ1v) is 3.88. The van der Waals surface area contributed by atoms with Crippen LogP contribution in [-0.2, 0) is 0 Å². The van der Waals surface area contributed by atoms with Gasteiger partial charge in [0.05, 0.1) is 5.52 Å². The Morgan fingerprint density at radius 2 is 2.09 bits per heavy atom. The third-order valence-electron chi connectivity index (χ3n) is 1.35. The fourth-order valence-electron chi connectivity index (χ4n) is 0.861. The summed E-state index contributed by atoms with van der Waals surface area (Å²) in [5, 5.41) is 7.56. The molecule has 0 unspecified atom stereocenters. The molecule has 0 saturated carbocycles. The normalized spacial score (nSPS) is 10.3. The van der Waals surface area contributed by atoms with Crippen LogP contribution in [0.15, 0.2) is 29.0 Å². The molecule has 0 N–H and O–H groups in total. The van der Waals surface area contributed by atoms with Gasteiger partial charge in [-0.3, -0.25) is 0 Å². The topological polar surface area (TPSA) is 38.7 Å². The average Bonchev–Trinajstić information content (AvgIpc) is 2.04. The van der Waals surface area contributed by atoms with Gasteiger partial charge in [0.25, 0.3) is 0 Å². The number of rotatable bonds is 0. The zero-order chi connectivity index (χ0) is 7.68. The molecule has 2 aromatic rings. The Balaban J connectivity index is 2.83. The fourth-order valence-corrected chi connectivity index (χ4v) is 1.21. The Kier molecular flexibility index (Phi) is 1.54. The van der Waals surface area contributed by atoms with Crippen LogP contribution in [0, 0.1) is 0 Å². The summed E-state index contributed by atoms with van der Waals surface area (Å²) in [6.45, 7) is 0. The molecule has 0 atom stereocenters. The summed E-state index contributed by atoms with van der Waals surface area (Å²) in [5.41, 5.74) is 1.67. The lowest BCUT2D eigenvalue weighted by molar-refractivity contribution is 1.02. The second-order valence-electron chi connectivity index (χ2n) is 2.09. The maximum Gasteiger partial charge on any atom is 0.138 e. The maximum absolute atomic E-state index is 4.04. The van der Waals surface area contributed by atoms with Crippen LogP contribution in [0.4, 0.5) is 0 Å². The summed E-state index contributed by atoms with van der Waals surface area (Å²) in [7, 11) is 0. The molecule has 11 heavy (non-hydrogen) atoms. The van der Waals surface area contributed by atoms with Crippen molar-refractivity contribution < 1.29 is 0 Å². The molecular formula is C7H4BrN3. The van der Waals surface area contributed by atoms with E-state index in [1.807, 2.05) is 18.2 Å². The SMILES string of the molecule is Brc1ccc2nncnc2c1. The number of aromatic nitrogens is 3. The van der Waals surface area contributed by atoms with Gasteiger partial charge < -0.3 is 0 Å². The highest BCUT2D eigenvalue weighted by Gasteiger charge is 1.94. The molecule has 1 heterocycles. The Hall–Kier alpha value is -1.03. The Morgan fingerprint density at radius 3 is 3.00 bits per heavy atom. The summed E-state index contributed by atoms with van der Waals surface area (Å²) in [6.07, 6.45) is 1.44. The Bertz CT molecular complexity index is 388. The monoisotopic (exact) mass is 209 g/mol. The van der Waals surface area contributed by atoms with Gasteiger partial charge in [-0.05, 0) is 18.2 Å². The molecule has 0 amide bonds. The molecule has 0 bridgehead atoms. The van der Waals surface area contributed by atoms with E-state index in [0.29, 0.717) is 0 Å². The van der Waals surface area contributed by atoms with Gasteiger partial charge in [-0.25, -0.2) is 4.98 Å². The van der Waals surface area contributed by atoms with Crippen LogP contribution in [-0.4, -0.2) is 15.2 Å². The van der Waals surface area contributed by atoms with Crippen molar-refractivity contribution in [1.29, 1.82) is 0 Å². The van der Waals surface area contributed by atoms with E-state index in [4.69, 9.17) is 0 Å². The van der Waals surface area contributed by atoms with Crippen LogP contribution in [0.5, 0.6) is 0 Å². The van der Waals surface area contributed by atoms with E-state index in [0.717, 1.165) is 15.5 Å². The number of halogens is 1. The van der Waals surface area contributed by atoms with Crippen molar-refractivity contribution in [2.75, 3.05) is 0 Å². The molecular weight excluding hydrogens is 206 g/mol. The van der Waals surface area contributed by atoms with Crippen molar-refractivity contribution in [2.45, 2.75) is 0 Å². The lowest BCUT2D eigenvalue weighted by Gasteiger charge is -1.92. The Labute approximate surface area is 71.6 Å². The first-order chi connectivity index (χ1) is 5.36. The molecule has 0 aliphatic carbocycles. The largest absolute Gasteiger partial charge is 0.233 e. The number of hydrogen-bond acceptors (Lipinski definition) is 3. The highest BCUT2D eigenvalue weighted by molar-refractivity contribution is 9.10. The highest BCUT2D eigenvalue weighted by atomic mass is 79.9. The zero-order valence-electron chi connectivity index (χ0n) is 5.53. The zero-order valence-corrected chi connectivity index (χ0v) is 7.12. The summed E-state index contributed by atoms with van der Waals surface area (Å²) in [5.74, 6) is 0. The molecule has 0 radical (unpaired) electrons. The van der Waals surface area contributed by atoms with Gasteiger partial charge in [-0.15, -0.1) is 10.2 Å². The predicted octanol–water partition coefficient (Wildman–Crippen LogP) is 1.79. The van der Waals surface area contributed by atoms with E-state index >= 15 is 0 Å². The number of benzene rings is 1. The smallest absolute Gasteiger partial charge is 0.138 e. The fraction of sp³-hybridized carbons (Fsp3) is 0. The van der Waals surface area contributed by atoms with Crippen LogP contribution >= 0.6 is 15.9 Å². The van der Waals surface area contributed by atoms with Crippen LogP contribution in [0.25, 0.3) is 11.0 Å². The van der Waals surface area contributed by atoms with Crippen molar-refractivity contribution in [3.63, 3.8) is 0 Å². The molecule has 0 fully saturated rings. The van der Waals surface area contributed by atoms with Gasteiger partial charge in [-0.1, -0.05) is 15.9 Å². The van der Waals surface area contributed by atoms with E-state index in [9.17, 15) is 0 Å². The lowest BCUT2D eigenvalue weighted by atomic mass is 10.3. The molecule has 1 aromatic heterocycles. The van der Waals surface area contributed by atoms with Crippen molar-refractivity contribution in [2.24, 2.45) is 0 Å².